The lowest BCUT2D eigenvalue weighted by molar-refractivity contribution is -0.217. The van der Waals surface area contributed by atoms with Crippen LogP contribution >= 0.6 is 0 Å². The van der Waals surface area contributed by atoms with Crippen LogP contribution in [0.4, 0.5) is 0 Å². The summed E-state index contributed by atoms with van der Waals surface area (Å²) in [5, 5.41) is 0. The Labute approximate surface area is 146 Å². The highest BCUT2D eigenvalue weighted by Gasteiger charge is 2.85. The molecule has 8 aliphatic carbocycles. The number of ether oxygens (including phenoxy) is 1. The summed E-state index contributed by atoms with van der Waals surface area (Å²) in [6.07, 6.45) is 9.16. The number of esters is 1. The first-order valence-electron chi connectivity index (χ1n) is 10.8. The summed E-state index contributed by atoms with van der Waals surface area (Å²) in [5.41, 5.74) is -0.150. The van der Waals surface area contributed by atoms with Crippen LogP contribution in [0, 0.1) is 58.7 Å². The van der Waals surface area contributed by atoms with Gasteiger partial charge >= 0.3 is 5.97 Å². The number of rotatable bonds is 3. The van der Waals surface area contributed by atoms with Crippen molar-refractivity contribution in [1.29, 1.82) is 0 Å². The standard InChI is InChI=1S/C22H32O2/c1-4-21(15-6-13-5-14(8-15)9-16(21)7-13)24-20(23)22-12(3)17-10-18(22)19(22)11(17)2/h11-19H,4-10H2,1-3H3. The molecule has 8 saturated carbocycles. The summed E-state index contributed by atoms with van der Waals surface area (Å²) in [5.74, 6) is 6.92. The summed E-state index contributed by atoms with van der Waals surface area (Å²) in [6, 6.07) is 0. The van der Waals surface area contributed by atoms with Gasteiger partial charge in [-0.25, -0.2) is 0 Å². The zero-order chi connectivity index (χ0) is 16.4. The first kappa shape index (κ1) is 14.6. The van der Waals surface area contributed by atoms with Crippen LogP contribution < -0.4 is 0 Å². The van der Waals surface area contributed by atoms with Gasteiger partial charge in [-0.15, -0.1) is 0 Å². The molecule has 6 atom stereocenters. The average molecular weight is 328 g/mol. The van der Waals surface area contributed by atoms with Crippen molar-refractivity contribution in [2.24, 2.45) is 58.7 Å². The molecule has 0 radical (unpaired) electrons. The van der Waals surface area contributed by atoms with E-state index in [-0.39, 0.29) is 17.0 Å². The molecule has 8 fully saturated rings. The van der Waals surface area contributed by atoms with Gasteiger partial charge in [0.1, 0.15) is 5.60 Å². The van der Waals surface area contributed by atoms with Crippen molar-refractivity contribution < 1.29 is 9.53 Å². The highest BCUT2D eigenvalue weighted by molar-refractivity contribution is 5.84. The number of hydrogen-bond donors (Lipinski definition) is 0. The topological polar surface area (TPSA) is 26.3 Å². The Kier molecular flexibility index (Phi) is 2.58. The fraction of sp³-hybridized carbons (Fsp3) is 0.955. The van der Waals surface area contributed by atoms with E-state index < -0.39 is 0 Å². The molecule has 0 N–H and O–H groups in total. The Balaban J connectivity index is 1.32. The van der Waals surface area contributed by atoms with Crippen LogP contribution in [-0.2, 0) is 9.53 Å². The molecule has 132 valence electrons. The van der Waals surface area contributed by atoms with Gasteiger partial charge in [0.25, 0.3) is 0 Å². The van der Waals surface area contributed by atoms with E-state index in [9.17, 15) is 4.79 Å². The molecule has 0 aromatic carbocycles. The molecule has 24 heavy (non-hydrogen) atoms. The first-order valence-corrected chi connectivity index (χ1v) is 10.8. The normalized spacial score (nSPS) is 64.5. The second-order valence-electron chi connectivity index (χ2n) is 10.6. The fourth-order valence-electron chi connectivity index (χ4n) is 9.62. The quantitative estimate of drug-likeness (QED) is 0.704. The van der Waals surface area contributed by atoms with Crippen molar-refractivity contribution in [2.45, 2.75) is 71.3 Å². The molecule has 0 aliphatic heterocycles. The molecule has 0 amide bonds. The molecular formula is C22H32O2. The molecule has 8 aliphatic rings. The van der Waals surface area contributed by atoms with Crippen LogP contribution in [0.15, 0.2) is 0 Å². The Morgan fingerprint density at radius 2 is 1.62 bits per heavy atom. The molecule has 2 nitrogen and oxygen atoms in total. The van der Waals surface area contributed by atoms with Gasteiger partial charge in [-0.1, -0.05) is 20.8 Å². The third-order valence-electron chi connectivity index (χ3n) is 10.4. The third-order valence-corrected chi connectivity index (χ3v) is 10.4. The van der Waals surface area contributed by atoms with Gasteiger partial charge < -0.3 is 4.74 Å². The minimum atomic E-state index is -0.0949. The largest absolute Gasteiger partial charge is 0.458 e. The number of carbonyl (C=O) groups is 1. The Morgan fingerprint density at radius 1 is 1.00 bits per heavy atom. The summed E-state index contributed by atoms with van der Waals surface area (Å²) in [4.78, 5) is 13.5. The van der Waals surface area contributed by atoms with Crippen molar-refractivity contribution in [3.63, 3.8) is 0 Å². The Hall–Kier alpha value is -0.530. The van der Waals surface area contributed by atoms with Crippen molar-refractivity contribution in [3.8, 4) is 0 Å². The van der Waals surface area contributed by atoms with E-state index >= 15 is 0 Å². The predicted octanol–water partition coefficient (Wildman–Crippen LogP) is 4.67. The van der Waals surface area contributed by atoms with Crippen LogP contribution in [0.2, 0.25) is 0 Å². The van der Waals surface area contributed by atoms with Crippen LogP contribution in [0.3, 0.4) is 0 Å². The van der Waals surface area contributed by atoms with Crippen molar-refractivity contribution in [1.82, 2.24) is 0 Å². The van der Waals surface area contributed by atoms with E-state index in [0.717, 1.165) is 30.1 Å². The number of carbonyl (C=O) groups excluding carboxylic acids is 1. The third kappa shape index (κ3) is 1.36. The molecule has 8 rings (SSSR count). The summed E-state index contributed by atoms with van der Waals surface area (Å²) < 4.78 is 6.67. The van der Waals surface area contributed by atoms with Crippen LogP contribution in [0.25, 0.3) is 0 Å². The van der Waals surface area contributed by atoms with Crippen molar-refractivity contribution in [2.75, 3.05) is 0 Å². The van der Waals surface area contributed by atoms with Gasteiger partial charge in [-0.05, 0) is 98.2 Å². The molecular weight excluding hydrogens is 296 g/mol. The number of hydrogen-bond acceptors (Lipinski definition) is 2. The molecule has 2 heteroatoms. The highest BCUT2D eigenvalue weighted by atomic mass is 16.6. The second kappa shape index (κ2) is 4.23. The average Bonchev–Trinajstić information content (AvgIpc) is 2.86. The molecule has 0 aromatic heterocycles. The predicted molar refractivity (Wildman–Crippen MR) is 92.0 cm³/mol. The van der Waals surface area contributed by atoms with Crippen LogP contribution in [0.5, 0.6) is 0 Å². The van der Waals surface area contributed by atoms with E-state index in [4.69, 9.17) is 4.74 Å². The second-order valence-corrected chi connectivity index (χ2v) is 10.6. The Bertz CT molecular complexity index is 577. The van der Waals surface area contributed by atoms with Crippen molar-refractivity contribution >= 4 is 5.97 Å². The molecule has 0 saturated heterocycles. The first-order chi connectivity index (χ1) is 11.5. The van der Waals surface area contributed by atoms with Gasteiger partial charge in [0.2, 0.25) is 0 Å². The lowest BCUT2D eigenvalue weighted by Crippen LogP contribution is -2.60. The summed E-state index contributed by atoms with van der Waals surface area (Å²) in [6.45, 7) is 7.04. The Morgan fingerprint density at radius 3 is 2.04 bits per heavy atom. The van der Waals surface area contributed by atoms with Crippen molar-refractivity contribution in [3.05, 3.63) is 0 Å². The lowest BCUT2D eigenvalue weighted by atomic mass is 9.49. The van der Waals surface area contributed by atoms with Gasteiger partial charge in [-0.3, -0.25) is 4.79 Å². The van der Waals surface area contributed by atoms with Gasteiger partial charge in [0.15, 0.2) is 0 Å². The van der Waals surface area contributed by atoms with E-state index in [2.05, 4.69) is 20.8 Å². The van der Waals surface area contributed by atoms with Gasteiger partial charge in [-0.2, -0.15) is 0 Å². The fourth-order valence-corrected chi connectivity index (χ4v) is 9.62. The molecule has 0 aromatic rings. The zero-order valence-electron chi connectivity index (χ0n) is 15.5. The zero-order valence-corrected chi connectivity index (χ0v) is 15.5. The van der Waals surface area contributed by atoms with Crippen LogP contribution in [-0.4, -0.2) is 11.6 Å². The van der Waals surface area contributed by atoms with E-state index in [1.807, 2.05) is 0 Å². The lowest BCUT2D eigenvalue weighted by Gasteiger charge is -2.60. The maximum absolute atomic E-state index is 13.5. The van der Waals surface area contributed by atoms with E-state index in [0.29, 0.717) is 29.6 Å². The minimum Gasteiger partial charge on any atom is -0.458 e. The van der Waals surface area contributed by atoms with E-state index in [1.165, 1.54) is 38.5 Å². The minimum absolute atomic E-state index is 0.0546. The summed E-state index contributed by atoms with van der Waals surface area (Å²) >= 11 is 0. The SMILES string of the molecule is CCC1(OC(=O)C23C(C)C4CC2C3C4C)C2CC3CC(C2)CC1C3. The monoisotopic (exact) mass is 328 g/mol. The molecule has 6 unspecified atom stereocenters. The molecule has 8 bridgehead atoms. The van der Waals surface area contributed by atoms with E-state index in [1.54, 1.807) is 0 Å². The summed E-state index contributed by atoms with van der Waals surface area (Å²) in [7, 11) is 0. The van der Waals surface area contributed by atoms with Gasteiger partial charge in [0.05, 0.1) is 5.41 Å². The maximum atomic E-state index is 13.5. The highest BCUT2D eigenvalue weighted by Crippen LogP contribution is 2.84. The molecule has 0 heterocycles. The van der Waals surface area contributed by atoms with Crippen LogP contribution in [0.1, 0.15) is 65.7 Å². The van der Waals surface area contributed by atoms with Gasteiger partial charge in [0, 0.05) is 0 Å². The molecule has 0 spiro atoms. The maximum Gasteiger partial charge on any atom is 0.313 e. The smallest absolute Gasteiger partial charge is 0.313 e.